The normalized spacial score (nSPS) is 12.7. The van der Waals surface area contributed by atoms with Gasteiger partial charge in [0.25, 0.3) is 5.91 Å². The molecule has 1 unspecified atom stereocenters. The Morgan fingerprint density at radius 2 is 2.22 bits per heavy atom. The van der Waals surface area contributed by atoms with E-state index in [9.17, 15) is 9.18 Å². The zero-order chi connectivity index (χ0) is 13.3. The lowest BCUT2D eigenvalue weighted by Gasteiger charge is -2.08. The minimum Gasteiger partial charge on any atom is -0.349 e. The van der Waals surface area contributed by atoms with E-state index >= 15 is 0 Å². The number of fused-ring (bicyclic) bond motifs is 1. The van der Waals surface area contributed by atoms with Crippen LogP contribution in [0.15, 0.2) is 24.3 Å². The maximum atomic E-state index is 13.2. The fourth-order valence-electron chi connectivity index (χ4n) is 1.87. The van der Waals surface area contributed by atoms with Crippen LogP contribution in [0.3, 0.4) is 0 Å². The first-order valence-corrected chi connectivity index (χ1v) is 5.78. The van der Waals surface area contributed by atoms with Gasteiger partial charge in [0.2, 0.25) is 0 Å². The standard InChI is InChI=1S/C13H16FN3O/c1-8(15)7-16-13(18)12-5-9-3-4-10(14)6-11(9)17(12)2/h3-6,8H,7,15H2,1-2H3,(H,16,18). The van der Waals surface area contributed by atoms with Crippen LogP contribution in [0.5, 0.6) is 0 Å². The highest BCUT2D eigenvalue weighted by atomic mass is 19.1. The molecule has 0 fully saturated rings. The Bertz CT molecular complexity index is 589. The Balaban J connectivity index is 2.34. The van der Waals surface area contributed by atoms with Gasteiger partial charge in [-0.05, 0) is 31.2 Å². The van der Waals surface area contributed by atoms with Crippen molar-refractivity contribution in [2.75, 3.05) is 6.54 Å². The molecule has 0 spiro atoms. The van der Waals surface area contributed by atoms with Crippen molar-refractivity contribution in [2.45, 2.75) is 13.0 Å². The maximum absolute atomic E-state index is 13.2. The molecule has 5 heteroatoms. The number of nitrogens with zero attached hydrogens (tertiary/aromatic N) is 1. The molecular formula is C13H16FN3O. The number of aryl methyl sites for hydroxylation is 1. The van der Waals surface area contributed by atoms with Crippen LogP contribution in [0, 0.1) is 5.82 Å². The highest BCUT2D eigenvalue weighted by Gasteiger charge is 2.13. The summed E-state index contributed by atoms with van der Waals surface area (Å²) in [6, 6.07) is 6.10. The number of hydrogen-bond donors (Lipinski definition) is 2. The van der Waals surface area contributed by atoms with E-state index in [-0.39, 0.29) is 17.8 Å². The summed E-state index contributed by atoms with van der Waals surface area (Å²) < 4.78 is 14.8. The smallest absolute Gasteiger partial charge is 0.267 e. The van der Waals surface area contributed by atoms with Crippen LogP contribution in [-0.2, 0) is 7.05 Å². The number of aromatic nitrogens is 1. The molecule has 3 N–H and O–H groups in total. The Morgan fingerprint density at radius 1 is 1.50 bits per heavy atom. The highest BCUT2D eigenvalue weighted by Crippen LogP contribution is 2.19. The lowest BCUT2D eigenvalue weighted by molar-refractivity contribution is 0.0944. The van der Waals surface area contributed by atoms with E-state index in [4.69, 9.17) is 5.73 Å². The van der Waals surface area contributed by atoms with Crippen molar-refractivity contribution in [3.8, 4) is 0 Å². The maximum Gasteiger partial charge on any atom is 0.267 e. The van der Waals surface area contributed by atoms with Crippen LogP contribution < -0.4 is 11.1 Å². The van der Waals surface area contributed by atoms with Gasteiger partial charge in [-0.15, -0.1) is 0 Å². The van der Waals surface area contributed by atoms with Crippen molar-refractivity contribution in [1.29, 1.82) is 0 Å². The van der Waals surface area contributed by atoms with Gasteiger partial charge in [-0.25, -0.2) is 4.39 Å². The van der Waals surface area contributed by atoms with E-state index in [2.05, 4.69) is 5.32 Å². The fraction of sp³-hybridized carbons (Fsp3) is 0.308. The average molecular weight is 249 g/mol. The second kappa shape index (κ2) is 4.78. The Morgan fingerprint density at radius 3 is 2.89 bits per heavy atom. The lowest BCUT2D eigenvalue weighted by Crippen LogP contribution is -2.35. The quantitative estimate of drug-likeness (QED) is 0.863. The van der Waals surface area contributed by atoms with Crippen LogP contribution >= 0.6 is 0 Å². The molecule has 0 aliphatic carbocycles. The largest absolute Gasteiger partial charge is 0.349 e. The van der Waals surface area contributed by atoms with Crippen LogP contribution in [0.1, 0.15) is 17.4 Å². The molecule has 0 saturated heterocycles. The molecule has 1 amide bonds. The Kier molecular flexibility index (Phi) is 3.34. The molecule has 1 aromatic carbocycles. The highest BCUT2D eigenvalue weighted by molar-refractivity contribution is 5.98. The SMILES string of the molecule is CC(N)CNC(=O)c1cc2ccc(F)cc2n1C. The second-order valence-electron chi connectivity index (χ2n) is 4.48. The van der Waals surface area contributed by atoms with Crippen LogP contribution in [0.2, 0.25) is 0 Å². The van der Waals surface area contributed by atoms with Crippen LogP contribution in [0.4, 0.5) is 4.39 Å². The summed E-state index contributed by atoms with van der Waals surface area (Å²) in [5.74, 6) is -0.516. The van der Waals surface area contributed by atoms with Crippen LogP contribution in [-0.4, -0.2) is 23.1 Å². The molecule has 2 aromatic rings. The monoisotopic (exact) mass is 249 g/mol. The molecule has 1 heterocycles. The predicted molar refractivity (Wildman–Crippen MR) is 68.9 cm³/mol. The molecule has 0 radical (unpaired) electrons. The molecule has 4 nitrogen and oxygen atoms in total. The van der Waals surface area contributed by atoms with E-state index in [1.165, 1.54) is 12.1 Å². The van der Waals surface area contributed by atoms with Crippen molar-refractivity contribution >= 4 is 16.8 Å². The number of hydrogen-bond acceptors (Lipinski definition) is 2. The molecule has 2 rings (SSSR count). The van der Waals surface area contributed by atoms with Crippen molar-refractivity contribution in [1.82, 2.24) is 9.88 Å². The third-order valence-corrected chi connectivity index (χ3v) is 2.82. The zero-order valence-electron chi connectivity index (χ0n) is 10.4. The number of rotatable bonds is 3. The summed E-state index contributed by atoms with van der Waals surface area (Å²) in [4.78, 5) is 11.9. The Labute approximate surface area is 105 Å². The lowest BCUT2D eigenvalue weighted by atomic mass is 10.2. The summed E-state index contributed by atoms with van der Waals surface area (Å²) in [6.07, 6.45) is 0. The topological polar surface area (TPSA) is 60.0 Å². The van der Waals surface area contributed by atoms with E-state index < -0.39 is 0 Å². The number of nitrogens with one attached hydrogen (secondary N) is 1. The molecule has 0 aliphatic heterocycles. The van der Waals surface area contributed by atoms with Gasteiger partial charge in [0.1, 0.15) is 11.5 Å². The number of carbonyl (C=O) groups is 1. The average Bonchev–Trinajstić information content (AvgIpc) is 2.64. The van der Waals surface area contributed by atoms with Gasteiger partial charge >= 0.3 is 0 Å². The van der Waals surface area contributed by atoms with Crippen LogP contribution in [0.25, 0.3) is 10.9 Å². The second-order valence-corrected chi connectivity index (χ2v) is 4.48. The molecule has 0 saturated carbocycles. The molecule has 0 bridgehead atoms. The summed E-state index contributed by atoms with van der Waals surface area (Å²) in [7, 11) is 1.74. The minimum atomic E-state index is -0.314. The zero-order valence-corrected chi connectivity index (χ0v) is 10.4. The first-order valence-electron chi connectivity index (χ1n) is 5.78. The molecule has 1 atom stereocenters. The first kappa shape index (κ1) is 12.6. The van der Waals surface area contributed by atoms with E-state index in [0.29, 0.717) is 17.8 Å². The van der Waals surface area contributed by atoms with E-state index in [1.807, 2.05) is 6.92 Å². The van der Waals surface area contributed by atoms with Gasteiger partial charge in [-0.1, -0.05) is 0 Å². The molecule has 18 heavy (non-hydrogen) atoms. The predicted octanol–water partition coefficient (Wildman–Crippen LogP) is 1.39. The summed E-state index contributed by atoms with van der Waals surface area (Å²) in [5, 5.41) is 3.57. The third-order valence-electron chi connectivity index (χ3n) is 2.82. The van der Waals surface area contributed by atoms with Gasteiger partial charge in [0, 0.05) is 25.0 Å². The van der Waals surface area contributed by atoms with Gasteiger partial charge in [0.05, 0.1) is 5.52 Å². The van der Waals surface area contributed by atoms with E-state index in [0.717, 1.165) is 5.39 Å². The number of amides is 1. The molecule has 1 aromatic heterocycles. The van der Waals surface area contributed by atoms with Gasteiger partial charge in [-0.2, -0.15) is 0 Å². The van der Waals surface area contributed by atoms with Crippen molar-refractivity contribution in [3.05, 3.63) is 35.8 Å². The molecular weight excluding hydrogens is 233 g/mol. The molecule has 96 valence electrons. The summed E-state index contributed by atoms with van der Waals surface area (Å²) >= 11 is 0. The van der Waals surface area contributed by atoms with Gasteiger partial charge < -0.3 is 15.6 Å². The fourth-order valence-corrected chi connectivity index (χ4v) is 1.87. The van der Waals surface area contributed by atoms with Crippen molar-refractivity contribution in [3.63, 3.8) is 0 Å². The number of benzene rings is 1. The minimum absolute atomic E-state index is 0.0962. The third kappa shape index (κ3) is 2.36. The van der Waals surface area contributed by atoms with Crippen molar-refractivity contribution in [2.24, 2.45) is 12.8 Å². The van der Waals surface area contributed by atoms with Gasteiger partial charge in [-0.3, -0.25) is 4.79 Å². The van der Waals surface area contributed by atoms with E-state index in [1.54, 1.807) is 23.7 Å². The molecule has 0 aliphatic rings. The number of carbonyl (C=O) groups excluding carboxylic acids is 1. The summed E-state index contributed by atoms with van der Waals surface area (Å²) in [6.45, 7) is 2.23. The number of halogens is 1. The van der Waals surface area contributed by atoms with Crippen molar-refractivity contribution < 1.29 is 9.18 Å². The Hall–Kier alpha value is -1.88. The van der Waals surface area contributed by atoms with Gasteiger partial charge in [0.15, 0.2) is 0 Å². The number of nitrogens with two attached hydrogens (primary N) is 1. The first-order chi connectivity index (χ1) is 8.49. The summed E-state index contributed by atoms with van der Waals surface area (Å²) in [5.41, 5.74) is 6.77.